The lowest BCUT2D eigenvalue weighted by Gasteiger charge is -2.12. The van der Waals surface area contributed by atoms with Crippen LogP contribution in [0.1, 0.15) is 17.3 Å². The van der Waals surface area contributed by atoms with Crippen LogP contribution in [0.5, 0.6) is 0 Å². The molecule has 2 N–H and O–H groups in total. The van der Waals surface area contributed by atoms with Gasteiger partial charge >= 0.3 is 0 Å². The van der Waals surface area contributed by atoms with Crippen molar-refractivity contribution in [3.8, 4) is 0 Å². The van der Waals surface area contributed by atoms with Crippen molar-refractivity contribution in [2.45, 2.75) is 6.04 Å². The Kier molecular flexibility index (Phi) is 3.26. The zero-order valence-corrected chi connectivity index (χ0v) is 10.1. The molecule has 0 aliphatic heterocycles. The SMILES string of the molecule is Cn1nc(C(N)c2ccc(Cl)cc2)ccc1=O. The maximum Gasteiger partial charge on any atom is 0.266 e. The maximum atomic E-state index is 11.2. The molecule has 5 heteroatoms. The summed E-state index contributed by atoms with van der Waals surface area (Å²) in [6.07, 6.45) is 0. The van der Waals surface area contributed by atoms with Gasteiger partial charge in [-0.15, -0.1) is 0 Å². The van der Waals surface area contributed by atoms with Crippen molar-refractivity contribution in [2.24, 2.45) is 12.8 Å². The zero-order chi connectivity index (χ0) is 12.4. The van der Waals surface area contributed by atoms with Crippen LogP contribution < -0.4 is 11.3 Å². The van der Waals surface area contributed by atoms with Crippen molar-refractivity contribution in [1.29, 1.82) is 0 Å². The Morgan fingerprint density at radius 2 is 1.88 bits per heavy atom. The van der Waals surface area contributed by atoms with Gasteiger partial charge in [-0.25, -0.2) is 4.68 Å². The molecule has 0 bridgehead atoms. The van der Waals surface area contributed by atoms with E-state index in [1.54, 1.807) is 25.2 Å². The molecule has 0 saturated heterocycles. The van der Waals surface area contributed by atoms with Crippen molar-refractivity contribution < 1.29 is 0 Å². The number of nitrogens with two attached hydrogens (primary N) is 1. The molecule has 0 amide bonds. The minimum absolute atomic E-state index is 0.156. The van der Waals surface area contributed by atoms with Gasteiger partial charge in [0.25, 0.3) is 5.56 Å². The number of nitrogens with zero attached hydrogens (tertiary/aromatic N) is 2. The topological polar surface area (TPSA) is 60.9 Å². The number of aromatic nitrogens is 2. The van der Waals surface area contributed by atoms with Crippen LogP contribution in [0.2, 0.25) is 5.02 Å². The highest BCUT2D eigenvalue weighted by Gasteiger charge is 2.11. The molecule has 0 fully saturated rings. The Morgan fingerprint density at radius 3 is 2.47 bits per heavy atom. The van der Waals surface area contributed by atoms with Crippen LogP contribution in [0.3, 0.4) is 0 Å². The minimum atomic E-state index is -0.362. The second-order valence-electron chi connectivity index (χ2n) is 3.75. The van der Waals surface area contributed by atoms with Crippen LogP contribution in [0.15, 0.2) is 41.2 Å². The lowest BCUT2D eigenvalue weighted by atomic mass is 10.0. The van der Waals surface area contributed by atoms with Crippen LogP contribution in [-0.2, 0) is 7.05 Å². The van der Waals surface area contributed by atoms with E-state index < -0.39 is 0 Å². The lowest BCUT2D eigenvalue weighted by molar-refractivity contribution is 0.655. The molecule has 0 radical (unpaired) electrons. The van der Waals surface area contributed by atoms with Gasteiger partial charge in [0, 0.05) is 18.1 Å². The first-order valence-electron chi connectivity index (χ1n) is 5.13. The average Bonchev–Trinajstić information content (AvgIpc) is 2.33. The fraction of sp³-hybridized carbons (Fsp3) is 0.167. The molecule has 1 aromatic heterocycles. The third-order valence-electron chi connectivity index (χ3n) is 2.53. The summed E-state index contributed by atoms with van der Waals surface area (Å²) >= 11 is 5.81. The molecule has 1 unspecified atom stereocenters. The van der Waals surface area contributed by atoms with Gasteiger partial charge in [0.15, 0.2) is 0 Å². The Morgan fingerprint density at radius 1 is 1.24 bits per heavy atom. The Hall–Kier alpha value is -1.65. The predicted octanol–water partition coefficient (Wildman–Crippen LogP) is 1.48. The van der Waals surface area contributed by atoms with Gasteiger partial charge in [0.05, 0.1) is 11.7 Å². The molecule has 17 heavy (non-hydrogen) atoms. The third-order valence-corrected chi connectivity index (χ3v) is 2.78. The van der Waals surface area contributed by atoms with Gasteiger partial charge in [0.1, 0.15) is 0 Å². The van der Waals surface area contributed by atoms with Crippen LogP contribution in [0, 0.1) is 0 Å². The molecule has 2 rings (SSSR count). The molecule has 0 spiro atoms. The summed E-state index contributed by atoms with van der Waals surface area (Å²) in [5.41, 5.74) is 7.46. The van der Waals surface area contributed by atoms with Crippen LogP contribution in [0.4, 0.5) is 0 Å². The number of rotatable bonds is 2. The molecule has 1 heterocycles. The summed E-state index contributed by atoms with van der Waals surface area (Å²) < 4.78 is 1.27. The molecule has 88 valence electrons. The highest BCUT2D eigenvalue weighted by molar-refractivity contribution is 6.30. The highest BCUT2D eigenvalue weighted by atomic mass is 35.5. The highest BCUT2D eigenvalue weighted by Crippen LogP contribution is 2.18. The van der Waals surface area contributed by atoms with Gasteiger partial charge in [-0.2, -0.15) is 5.10 Å². The molecule has 0 aliphatic rings. The number of aryl methyl sites for hydroxylation is 1. The molecular weight excluding hydrogens is 238 g/mol. The van der Waals surface area contributed by atoms with Crippen LogP contribution in [-0.4, -0.2) is 9.78 Å². The summed E-state index contributed by atoms with van der Waals surface area (Å²) in [6.45, 7) is 0. The molecular formula is C12H12ClN3O. The molecule has 1 aromatic carbocycles. The van der Waals surface area contributed by atoms with Crippen molar-refractivity contribution in [1.82, 2.24) is 9.78 Å². The Labute approximate surface area is 104 Å². The van der Waals surface area contributed by atoms with Gasteiger partial charge < -0.3 is 5.73 Å². The smallest absolute Gasteiger partial charge is 0.266 e. The van der Waals surface area contributed by atoms with Crippen molar-refractivity contribution in [2.75, 3.05) is 0 Å². The van der Waals surface area contributed by atoms with E-state index in [-0.39, 0.29) is 11.6 Å². The van der Waals surface area contributed by atoms with E-state index in [2.05, 4.69) is 5.10 Å². The van der Waals surface area contributed by atoms with E-state index in [4.69, 9.17) is 17.3 Å². The summed E-state index contributed by atoms with van der Waals surface area (Å²) in [5.74, 6) is 0. The van der Waals surface area contributed by atoms with Gasteiger partial charge in [-0.3, -0.25) is 4.79 Å². The number of hydrogen-bond acceptors (Lipinski definition) is 3. The van der Waals surface area contributed by atoms with Gasteiger partial charge in [0.2, 0.25) is 0 Å². The minimum Gasteiger partial charge on any atom is -0.319 e. The number of hydrogen-bond donors (Lipinski definition) is 1. The van der Waals surface area contributed by atoms with Crippen molar-refractivity contribution >= 4 is 11.6 Å². The predicted molar refractivity (Wildman–Crippen MR) is 67.0 cm³/mol. The third kappa shape index (κ3) is 2.54. The zero-order valence-electron chi connectivity index (χ0n) is 9.30. The van der Waals surface area contributed by atoms with Gasteiger partial charge in [-0.1, -0.05) is 23.7 Å². The largest absolute Gasteiger partial charge is 0.319 e. The Balaban J connectivity index is 2.36. The summed E-state index contributed by atoms with van der Waals surface area (Å²) in [5, 5.41) is 4.78. The number of benzene rings is 1. The second kappa shape index (κ2) is 4.69. The molecule has 2 aromatic rings. The molecule has 0 aliphatic carbocycles. The van der Waals surface area contributed by atoms with E-state index in [9.17, 15) is 4.79 Å². The Bertz CT molecular complexity index is 577. The molecule has 4 nitrogen and oxygen atoms in total. The van der Waals surface area contributed by atoms with Gasteiger partial charge in [-0.05, 0) is 23.8 Å². The van der Waals surface area contributed by atoms with E-state index in [0.717, 1.165) is 5.56 Å². The van der Waals surface area contributed by atoms with Crippen LogP contribution in [0.25, 0.3) is 0 Å². The lowest BCUT2D eigenvalue weighted by Crippen LogP contribution is -2.23. The van der Waals surface area contributed by atoms with E-state index in [1.807, 2.05) is 12.1 Å². The normalized spacial score (nSPS) is 12.4. The van der Waals surface area contributed by atoms with Crippen LogP contribution >= 0.6 is 11.6 Å². The van der Waals surface area contributed by atoms with Crippen molar-refractivity contribution in [3.05, 3.63) is 63.0 Å². The van der Waals surface area contributed by atoms with E-state index in [0.29, 0.717) is 10.7 Å². The standard InChI is InChI=1S/C12H12ClN3O/c1-16-11(17)7-6-10(15-16)12(14)8-2-4-9(13)5-3-8/h2-7,12H,14H2,1H3. The van der Waals surface area contributed by atoms with Crippen molar-refractivity contribution in [3.63, 3.8) is 0 Å². The fourth-order valence-electron chi connectivity index (χ4n) is 1.53. The van der Waals surface area contributed by atoms with E-state index >= 15 is 0 Å². The molecule has 1 atom stereocenters. The summed E-state index contributed by atoms with van der Waals surface area (Å²) in [7, 11) is 1.60. The number of halogens is 1. The quantitative estimate of drug-likeness (QED) is 0.877. The first-order chi connectivity index (χ1) is 8.08. The summed E-state index contributed by atoms with van der Waals surface area (Å²) in [4.78, 5) is 11.2. The fourth-order valence-corrected chi connectivity index (χ4v) is 1.65. The molecule has 0 saturated carbocycles. The van der Waals surface area contributed by atoms with E-state index in [1.165, 1.54) is 10.7 Å². The maximum absolute atomic E-state index is 11.2. The first kappa shape index (κ1) is 11.8. The summed E-state index contributed by atoms with van der Waals surface area (Å²) in [6, 6.07) is 9.98. The monoisotopic (exact) mass is 249 g/mol. The second-order valence-corrected chi connectivity index (χ2v) is 4.19. The average molecular weight is 250 g/mol. The first-order valence-corrected chi connectivity index (χ1v) is 5.51.